The Morgan fingerprint density at radius 3 is 1.43 bits per heavy atom. The molecule has 0 unspecified atom stereocenters. The molecule has 1 aliphatic rings. The van der Waals surface area contributed by atoms with Crippen LogP contribution in [0, 0.1) is 11.3 Å². The molecule has 0 saturated heterocycles. The van der Waals surface area contributed by atoms with Crippen LogP contribution in [0.2, 0.25) is 0 Å². The first-order valence-corrected chi connectivity index (χ1v) is 19.3. The van der Waals surface area contributed by atoms with Crippen LogP contribution >= 0.6 is 0 Å². The van der Waals surface area contributed by atoms with Crippen LogP contribution in [0.5, 0.6) is 0 Å². The molecule has 0 aromatic heterocycles. The molecular formula is C39H78N2O. The smallest absolute Gasteiger partial charge is 0.222 e. The van der Waals surface area contributed by atoms with E-state index in [0.717, 1.165) is 25.4 Å². The van der Waals surface area contributed by atoms with Crippen LogP contribution < -0.4 is 0 Å². The summed E-state index contributed by atoms with van der Waals surface area (Å²) in [4.78, 5) is 16.5. The summed E-state index contributed by atoms with van der Waals surface area (Å²) in [5.74, 6) is 1.32. The standard InChI is InChI=1S/C39H78N2O/c1-6-8-10-12-14-16-18-20-27-37(28-21-19-17-15-13-11-9-7-2)29-22-23-31-39(33-34-39)32-24-25-36-41(5)38(42)30-26-35-40(3)4/h37H,6-36H2,1-5H3. The number of carbonyl (C=O) groups excluding carboxylic acids is 1. The molecule has 0 atom stereocenters. The fourth-order valence-corrected chi connectivity index (χ4v) is 7.01. The van der Waals surface area contributed by atoms with Gasteiger partial charge in [0.05, 0.1) is 0 Å². The van der Waals surface area contributed by atoms with Gasteiger partial charge in [0.15, 0.2) is 0 Å². The first-order chi connectivity index (χ1) is 20.4. The zero-order valence-electron chi connectivity index (χ0n) is 29.8. The fraction of sp³-hybridized carbons (Fsp3) is 0.974. The highest BCUT2D eigenvalue weighted by molar-refractivity contribution is 5.75. The lowest BCUT2D eigenvalue weighted by molar-refractivity contribution is -0.130. The van der Waals surface area contributed by atoms with Gasteiger partial charge in [-0.1, -0.05) is 155 Å². The van der Waals surface area contributed by atoms with E-state index in [9.17, 15) is 4.79 Å². The third-order valence-electron chi connectivity index (χ3n) is 10.3. The summed E-state index contributed by atoms with van der Waals surface area (Å²) in [6.07, 6.45) is 40.5. The quantitative estimate of drug-likeness (QED) is 0.0727. The molecule has 0 heterocycles. The van der Waals surface area contributed by atoms with E-state index in [0.29, 0.717) is 17.7 Å². The van der Waals surface area contributed by atoms with Crippen LogP contribution in [0.15, 0.2) is 0 Å². The molecule has 0 N–H and O–H groups in total. The fourth-order valence-electron chi connectivity index (χ4n) is 7.01. The van der Waals surface area contributed by atoms with Crippen molar-refractivity contribution in [3.63, 3.8) is 0 Å². The number of hydrogen-bond donors (Lipinski definition) is 0. The SMILES string of the molecule is CCCCCCCCCCC(CCCCCCCCCC)CCCCC1(CCCCN(C)C(=O)CCCN(C)C)CC1. The van der Waals surface area contributed by atoms with E-state index >= 15 is 0 Å². The van der Waals surface area contributed by atoms with Crippen LogP contribution in [0.25, 0.3) is 0 Å². The minimum atomic E-state index is 0.325. The number of amides is 1. The maximum Gasteiger partial charge on any atom is 0.222 e. The van der Waals surface area contributed by atoms with Gasteiger partial charge in [0.1, 0.15) is 0 Å². The van der Waals surface area contributed by atoms with E-state index in [1.54, 1.807) is 0 Å². The lowest BCUT2D eigenvalue weighted by Crippen LogP contribution is -2.28. The first kappa shape index (κ1) is 39.5. The Labute approximate surface area is 265 Å². The molecule has 1 fully saturated rings. The molecule has 0 aromatic rings. The van der Waals surface area contributed by atoms with Crippen molar-refractivity contribution < 1.29 is 4.79 Å². The zero-order valence-corrected chi connectivity index (χ0v) is 29.8. The normalized spacial score (nSPS) is 14.3. The molecular weight excluding hydrogens is 512 g/mol. The van der Waals surface area contributed by atoms with Gasteiger partial charge in [-0.15, -0.1) is 0 Å². The summed E-state index contributed by atoms with van der Waals surface area (Å²) in [6.45, 7) is 6.58. The van der Waals surface area contributed by atoms with Crippen LogP contribution in [0.1, 0.15) is 200 Å². The number of rotatable bonds is 32. The van der Waals surface area contributed by atoms with E-state index in [1.807, 2.05) is 11.9 Å². The molecule has 0 bridgehead atoms. The summed E-state index contributed by atoms with van der Waals surface area (Å²) in [6, 6.07) is 0. The van der Waals surface area contributed by atoms with Crippen molar-refractivity contribution >= 4 is 5.91 Å². The average Bonchev–Trinajstić information content (AvgIpc) is 3.75. The van der Waals surface area contributed by atoms with Crippen molar-refractivity contribution in [3.05, 3.63) is 0 Å². The van der Waals surface area contributed by atoms with Gasteiger partial charge in [0.25, 0.3) is 0 Å². The predicted octanol–water partition coefficient (Wildman–Crippen LogP) is 12.0. The number of nitrogens with zero attached hydrogens (tertiary/aromatic N) is 2. The van der Waals surface area contributed by atoms with Gasteiger partial charge in [0, 0.05) is 20.0 Å². The Morgan fingerprint density at radius 2 is 0.976 bits per heavy atom. The Balaban J connectivity index is 2.22. The van der Waals surface area contributed by atoms with Gasteiger partial charge < -0.3 is 9.80 Å². The summed E-state index contributed by atoms with van der Waals surface area (Å²) in [5, 5.41) is 0. The van der Waals surface area contributed by atoms with Gasteiger partial charge >= 0.3 is 0 Å². The molecule has 0 spiro atoms. The first-order valence-electron chi connectivity index (χ1n) is 19.3. The third-order valence-corrected chi connectivity index (χ3v) is 10.3. The monoisotopic (exact) mass is 591 g/mol. The van der Waals surface area contributed by atoms with Gasteiger partial charge in [0.2, 0.25) is 5.91 Å². The van der Waals surface area contributed by atoms with E-state index in [-0.39, 0.29) is 0 Å². The van der Waals surface area contributed by atoms with Crippen molar-refractivity contribution in [1.82, 2.24) is 9.80 Å². The van der Waals surface area contributed by atoms with Crippen molar-refractivity contribution in [3.8, 4) is 0 Å². The maximum atomic E-state index is 12.4. The highest BCUT2D eigenvalue weighted by atomic mass is 16.2. The summed E-state index contributed by atoms with van der Waals surface area (Å²) in [7, 11) is 6.16. The van der Waals surface area contributed by atoms with Crippen molar-refractivity contribution in [1.29, 1.82) is 0 Å². The third kappa shape index (κ3) is 22.9. The second-order valence-electron chi connectivity index (χ2n) is 14.8. The minimum absolute atomic E-state index is 0.325. The Morgan fingerprint density at radius 1 is 0.548 bits per heavy atom. The second kappa shape index (κ2) is 26.8. The molecule has 1 aliphatic carbocycles. The molecule has 0 aliphatic heterocycles. The molecule has 1 rings (SSSR count). The highest BCUT2D eigenvalue weighted by Crippen LogP contribution is 2.53. The Hall–Kier alpha value is -0.570. The molecule has 1 saturated carbocycles. The number of carbonyl (C=O) groups is 1. The molecule has 0 radical (unpaired) electrons. The predicted molar refractivity (Wildman–Crippen MR) is 187 cm³/mol. The molecule has 3 heteroatoms. The summed E-state index contributed by atoms with van der Waals surface area (Å²) in [5.41, 5.74) is 0.680. The second-order valence-corrected chi connectivity index (χ2v) is 14.8. The molecule has 1 amide bonds. The number of unbranched alkanes of at least 4 members (excludes halogenated alkanes) is 16. The lowest BCUT2D eigenvalue weighted by Gasteiger charge is -2.20. The van der Waals surface area contributed by atoms with E-state index in [2.05, 4.69) is 32.8 Å². The average molecular weight is 591 g/mol. The molecule has 3 nitrogen and oxygen atoms in total. The largest absolute Gasteiger partial charge is 0.346 e. The molecule has 250 valence electrons. The lowest BCUT2D eigenvalue weighted by atomic mass is 9.87. The van der Waals surface area contributed by atoms with Crippen molar-refractivity contribution in [2.75, 3.05) is 34.2 Å². The zero-order chi connectivity index (χ0) is 30.7. The maximum absolute atomic E-state index is 12.4. The van der Waals surface area contributed by atoms with E-state index in [4.69, 9.17) is 0 Å². The Kier molecular flexibility index (Phi) is 25.2. The molecule has 0 aromatic carbocycles. The van der Waals surface area contributed by atoms with Crippen LogP contribution in [-0.2, 0) is 4.79 Å². The van der Waals surface area contributed by atoms with Crippen LogP contribution in [0.4, 0.5) is 0 Å². The van der Waals surface area contributed by atoms with Crippen molar-refractivity contribution in [2.24, 2.45) is 11.3 Å². The van der Waals surface area contributed by atoms with E-state index < -0.39 is 0 Å². The number of hydrogen-bond acceptors (Lipinski definition) is 2. The van der Waals surface area contributed by atoms with Gasteiger partial charge in [-0.2, -0.15) is 0 Å². The van der Waals surface area contributed by atoms with Gasteiger partial charge in [-0.05, 0) is 70.5 Å². The van der Waals surface area contributed by atoms with Crippen LogP contribution in [-0.4, -0.2) is 49.9 Å². The minimum Gasteiger partial charge on any atom is -0.346 e. The highest BCUT2D eigenvalue weighted by Gasteiger charge is 2.40. The van der Waals surface area contributed by atoms with Crippen LogP contribution in [0.3, 0.4) is 0 Å². The topological polar surface area (TPSA) is 23.6 Å². The van der Waals surface area contributed by atoms with Crippen molar-refractivity contribution in [2.45, 2.75) is 200 Å². The van der Waals surface area contributed by atoms with E-state index in [1.165, 1.54) is 173 Å². The Bertz CT molecular complexity index is 579. The summed E-state index contributed by atoms with van der Waals surface area (Å²) >= 11 is 0. The molecule has 42 heavy (non-hydrogen) atoms. The van der Waals surface area contributed by atoms with Gasteiger partial charge in [-0.25, -0.2) is 0 Å². The summed E-state index contributed by atoms with van der Waals surface area (Å²) < 4.78 is 0. The van der Waals surface area contributed by atoms with Gasteiger partial charge in [-0.3, -0.25) is 4.79 Å².